The highest BCUT2D eigenvalue weighted by molar-refractivity contribution is 5.75. The van der Waals surface area contributed by atoms with E-state index in [2.05, 4.69) is 0 Å². The Morgan fingerprint density at radius 3 is 2.76 bits per heavy atom. The summed E-state index contributed by atoms with van der Waals surface area (Å²) in [5, 5.41) is 0. The molecule has 0 heterocycles. The maximum absolute atomic E-state index is 11.4. The van der Waals surface area contributed by atoms with Crippen molar-refractivity contribution in [1.29, 1.82) is 0 Å². The molecule has 0 aliphatic carbocycles. The summed E-state index contributed by atoms with van der Waals surface area (Å²) >= 11 is 0. The van der Waals surface area contributed by atoms with Crippen molar-refractivity contribution < 1.29 is 9.53 Å². The van der Waals surface area contributed by atoms with Crippen LogP contribution >= 0.6 is 0 Å². The topological polar surface area (TPSA) is 55.6 Å². The van der Waals surface area contributed by atoms with E-state index < -0.39 is 0 Å². The molecule has 0 bridgehead atoms. The number of amides is 1. The van der Waals surface area contributed by atoms with Crippen molar-refractivity contribution in [2.24, 2.45) is 5.73 Å². The molecule has 17 heavy (non-hydrogen) atoms. The monoisotopic (exact) mass is 236 g/mol. The molecule has 94 valence electrons. The molecule has 4 nitrogen and oxygen atoms in total. The lowest BCUT2D eigenvalue weighted by Crippen LogP contribution is -2.32. The average molecular weight is 236 g/mol. The molecular weight excluding hydrogens is 216 g/mol. The summed E-state index contributed by atoms with van der Waals surface area (Å²) in [7, 11) is 1.76. The summed E-state index contributed by atoms with van der Waals surface area (Å²) in [6.07, 6.45) is 0.390. The van der Waals surface area contributed by atoms with Crippen molar-refractivity contribution in [2.45, 2.75) is 13.3 Å². The maximum atomic E-state index is 11.4. The molecule has 1 rings (SSSR count). The summed E-state index contributed by atoms with van der Waals surface area (Å²) in [4.78, 5) is 13.1. The standard InChI is InChI=1S/C13H20N2O2/c1-11-5-3-4-6-12(11)17-10-9-15(2)13(16)7-8-14/h3-6H,7-10,14H2,1-2H3. The van der Waals surface area contributed by atoms with Gasteiger partial charge in [0.1, 0.15) is 12.4 Å². The normalized spacial score (nSPS) is 10.1. The number of hydrogen-bond donors (Lipinski definition) is 1. The van der Waals surface area contributed by atoms with E-state index in [9.17, 15) is 4.79 Å². The van der Waals surface area contributed by atoms with Crippen LogP contribution < -0.4 is 10.5 Å². The molecule has 2 N–H and O–H groups in total. The van der Waals surface area contributed by atoms with Crippen molar-refractivity contribution in [3.63, 3.8) is 0 Å². The van der Waals surface area contributed by atoms with Crippen LogP contribution in [0.15, 0.2) is 24.3 Å². The van der Waals surface area contributed by atoms with Crippen LogP contribution in [0.1, 0.15) is 12.0 Å². The molecule has 0 saturated heterocycles. The molecule has 0 aromatic heterocycles. The lowest BCUT2D eigenvalue weighted by Gasteiger charge is -2.17. The van der Waals surface area contributed by atoms with Crippen LogP contribution in [-0.2, 0) is 4.79 Å². The van der Waals surface area contributed by atoms with E-state index in [1.54, 1.807) is 11.9 Å². The number of carbonyl (C=O) groups is 1. The zero-order valence-electron chi connectivity index (χ0n) is 10.5. The minimum atomic E-state index is 0.0564. The molecular formula is C13H20N2O2. The van der Waals surface area contributed by atoms with Crippen LogP contribution in [0, 0.1) is 6.92 Å². The molecule has 0 unspecified atom stereocenters. The molecule has 0 saturated carbocycles. The molecule has 0 aliphatic heterocycles. The SMILES string of the molecule is Cc1ccccc1OCCN(C)C(=O)CCN. The largest absolute Gasteiger partial charge is 0.491 e. The Morgan fingerprint density at radius 2 is 2.12 bits per heavy atom. The Hall–Kier alpha value is -1.55. The van der Waals surface area contributed by atoms with Gasteiger partial charge in [0.2, 0.25) is 5.91 Å². The minimum Gasteiger partial charge on any atom is -0.491 e. The molecule has 1 aromatic rings. The van der Waals surface area contributed by atoms with Gasteiger partial charge in [-0.05, 0) is 18.6 Å². The van der Waals surface area contributed by atoms with Gasteiger partial charge in [-0.2, -0.15) is 0 Å². The van der Waals surface area contributed by atoms with E-state index in [4.69, 9.17) is 10.5 Å². The van der Waals surface area contributed by atoms with Gasteiger partial charge in [0.15, 0.2) is 0 Å². The van der Waals surface area contributed by atoms with Crippen molar-refractivity contribution in [3.8, 4) is 5.75 Å². The predicted molar refractivity (Wildman–Crippen MR) is 68.0 cm³/mol. The molecule has 1 amide bonds. The zero-order valence-corrected chi connectivity index (χ0v) is 10.5. The van der Waals surface area contributed by atoms with Gasteiger partial charge >= 0.3 is 0 Å². The molecule has 0 spiro atoms. The van der Waals surface area contributed by atoms with Crippen molar-refractivity contribution in [2.75, 3.05) is 26.7 Å². The Balaban J connectivity index is 2.33. The second-order valence-electron chi connectivity index (χ2n) is 3.97. The molecule has 4 heteroatoms. The third-order valence-corrected chi connectivity index (χ3v) is 2.56. The Bertz CT molecular complexity index is 366. The third-order valence-electron chi connectivity index (χ3n) is 2.56. The first kappa shape index (κ1) is 13.5. The van der Waals surface area contributed by atoms with Crippen molar-refractivity contribution in [1.82, 2.24) is 4.90 Å². The van der Waals surface area contributed by atoms with Crippen molar-refractivity contribution in [3.05, 3.63) is 29.8 Å². The van der Waals surface area contributed by atoms with Gasteiger partial charge in [0.05, 0.1) is 6.54 Å². The molecule has 0 atom stereocenters. The summed E-state index contributed by atoms with van der Waals surface area (Å²) in [5.74, 6) is 0.924. The summed E-state index contributed by atoms with van der Waals surface area (Å²) < 4.78 is 5.61. The fourth-order valence-corrected chi connectivity index (χ4v) is 1.45. The Labute approximate surface area is 102 Å². The highest BCUT2D eigenvalue weighted by Crippen LogP contribution is 2.15. The summed E-state index contributed by atoms with van der Waals surface area (Å²) in [6.45, 7) is 3.46. The van der Waals surface area contributed by atoms with E-state index in [1.165, 1.54) is 0 Å². The van der Waals surface area contributed by atoms with Crippen LogP contribution in [0.2, 0.25) is 0 Å². The number of para-hydroxylation sites is 1. The van der Waals surface area contributed by atoms with Crippen LogP contribution in [0.4, 0.5) is 0 Å². The lowest BCUT2D eigenvalue weighted by molar-refractivity contribution is -0.130. The van der Waals surface area contributed by atoms with Gasteiger partial charge in [-0.15, -0.1) is 0 Å². The van der Waals surface area contributed by atoms with E-state index in [0.717, 1.165) is 11.3 Å². The maximum Gasteiger partial charge on any atom is 0.223 e. The molecule has 1 aromatic carbocycles. The van der Waals surface area contributed by atoms with Crippen LogP contribution in [0.3, 0.4) is 0 Å². The Kier molecular flexibility index (Phi) is 5.49. The number of hydrogen-bond acceptors (Lipinski definition) is 3. The fourth-order valence-electron chi connectivity index (χ4n) is 1.45. The first-order chi connectivity index (χ1) is 8.15. The Morgan fingerprint density at radius 1 is 1.41 bits per heavy atom. The number of carbonyl (C=O) groups excluding carboxylic acids is 1. The number of likely N-dealkylation sites (N-methyl/N-ethyl adjacent to an activating group) is 1. The third kappa shape index (κ3) is 4.44. The lowest BCUT2D eigenvalue weighted by atomic mass is 10.2. The number of ether oxygens (including phenoxy) is 1. The van der Waals surface area contributed by atoms with Gasteiger partial charge in [-0.1, -0.05) is 18.2 Å². The van der Waals surface area contributed by atoms with Gasteiger partial charge in [0, 0.05) is 20.0 Å². The highest BCUT2D eigenvalue weighted by Gasteiger charge is 2.07. The van der Waals surface area contributed by atoms with E-state index in [1.807, 2.05) is 31.2 Å². The zero-order chi connectivity index (χ0) is 12.7. The quantitative estimate of drug-likeness (QED) is 0.807. The van der Waals surface area contributed by atoms with Crippen LogP contribution in [0.25, 0.3) is 0 Å². The second-order valence-corrected chi connectivity index (χ2v) is 3.97. The number of benzene rings is 1. The predicted octanol–water partition coefficient (Wildman–Crippen LogP) is 1.18. The average Bonchev–Trinajstić information content (AvgIpc) is 2.31. The molecule has 0 aliphatic rings. The first-order valence-electron chi connectivity index (χ1n) is 5.77. The van der Waals surface area contributed by atoms with Crippen LogP contribution in [-0.4, -0.2) is 37.6 Å². The van der Waals surface area contributed by atoms with Gasteiger partial charge in [-0.25, -0.2) is 0 Å². The van der Waals surface area contributed by atoms with Crippen molar-refractivity contribution >= 4 is 5.91 Å². The van der Waals surface area contributed by atoms with Crippen LogP contribution in [0.5, 0.6) is 5.75 Å². The highest BCUT2D eigenvalue weighted by atomic mass is 16.5. The second kappa shape index (κ2) is 6.91. The van der Waals surface area contributed by atoms with Gasteiger partial charge in [-0.3, -0.25) is 4.79 Å². The van der Waals surface area contributed by atoms with E-state index >= 15 is 0 Å². The van der Waals surface area contributed by atoms with Gasteiger partial charge < -0.3 is 15.4 Å². The smallest absolute Gasteiger partial charge is 0.223 e. The molecule has 0 radical (unpaired) electrons. The minimum absolute atomic E-state index is 0.0564. The summed E-state index contributed by atoms with van der Waals surface area (Å²) in [6, 6.07) is 7.83. The number of nitrogens with zero attached hydrogens (tertiary/aromatic N) is 1. The van der Waals surface area contributed by atoms with E-state index in [-0.39, 0.29) is 5.91 Å². The molecule has 0 fully saturated rings. The number of nitrogens with two attached hydrogens (primary N) is 1. The van der Waals surface area contributed by atoms with Gasteiger partial charge in [0.25, 0.3) is 0 Å². The number of rotatable bonds is 6. The van der Waals surface area contributed by atoms with E-state index in [0.29, 0.717) is 26.1 Å². The fraction of sp³-hybridized carbons (Fsp3) is 0.462. The first-order valence-corrected chi connectivity index (χ1v) is 5.77. The number of aryl methyl sites for hydroxylation is 1. The summed E-state index contributed by atoms with van der Waals surface area (Å²) in [5.41, 5.74) is 6.43.